The zero-order valence-corrected chi connectivity index (χ0v) is 12.3. The van der Waals surface area contributed by atoms with Gasteiger partial charge < -0.3 is 4.42 Å². The van der Waals surface area contributed by atoms with Crippen LogP contribution < -0.4 is 5.69 Å². The van der Waals surface area contributed by atoms with Gasteiger partial charge in [0.1, 0.15) is 11.8 Å². The van der Waals surface area contributed by atoms with Gasteiger partial charge in [-0.25, -0.2) is 19.2 Å². The fourth-order valence-electron chi connectivity index (χ4n) is 2.16. The molecule has 0 spiro atoms. The molecule has 9 heteroatoms. The molecule has 0 amide bonds. The standard InChI is InChI=1S/C13H10N6O2S/c1-22-7-19-13(20)18-6-14-10(11(18)16-17-19)12-15-8-4-2-3-5-9(8)21-12/h2-6H,7H2,1H3. The van der Waals surface area contributed by atoms with Crippen LogP contribution in [-0.2, 0) is 5.88 Å². The minimum absolute atomic E-state index is 0.297. The van der Waals surface area contributed by atoms with E-state index < -0.39 is 0 Å². The molecule has 0 atom stereocenters. The molecular weight excluding hydrogens is 304 g/mol. The number of benzene rings is 1. The monoisotopic (exact) mass is 314 g/mol. The maximum atomic E-state index is 12.3. The van der Waals surface area contributed by atoms with Gasteiger partial charge in [0, 0.05) is 0 Å². The van der Waals surface area contributed by atoms with Crippen molar-refractivity contribution in [1.82, 2.24) is 29.4 Å². The normalized spacial score (nSPS) is 11.5. The van der Waals surface area contributed by atoms with E-state index in [1.807, 2.05) is 30.5 Å². The summed E-state index contributed by atoms with van der Waals surface area (Å²) in [4.78, 5) is 20.8. The lowest BCUT2D eigenvalue weighted by molar-refractivity contribution is 0.596. The quantitative estimate of drug-likeness (QED) is 0.564. The molecule has 0 aliphatic heterocycles. The molecule has 0 saturated heterocycles. The van der Waals surface area contributed by atoms with Crippen molar-refractivity contribution in [2.45, 2.75) is 5.88 Å². The molecule has 4 aromatic rings. The molecule has 0 radical (unpaired) electrons. The van der Waals surface area contributed by atoms with Crippen LogP contribution in [0.5, 0.6) is 0 Å². The third-order valence-electron chi connectivity index (χ3n) is 3.16. The lowest BCUT2D eigenvalue weighted by Gasteiger charge is -2.00. The highest BCUT2D eigenvalue weighted by Crippen LogP contribution is 2.24. The summed E-state index contributed by atoms with van der Waals surface area (Å²) < 4.78 is 8.28. The number of nitrogens with zero attached hydrogens (tertiary/aromatic N) is 6. The van der Waals surface area contributed by atoms with E-state index in [-0.39, 0.29) is 5.69 Å². The third kappa shape index (κ3) is 1.90. The highest BCUT2D eigenvalue weighted by molar-refractivity contribution is 7.97. The molecule has 0 bridgehead atoms. The Bertz CT molecular complexity index is 1000. The molecule has 0 aliphatic rings. The van der Waals surface area contributed by atoms with Crippen LogP contribution in [0.25, 0.3) is 28.3 Å². The molecular formula is C13H10N6O2S. The summed E-state index contributed by atoms with van der Waals surface area (Å²) in [7, 11) is 0. The van der Waals surface area contributed by atoms with Crippen LogP contribution in [0.3, 0.4) is 0 Å². The van der Waals surface area contributed by atoms with E-state index in [4.69, 9.17) is 4.42 Å². The van der Waals surface area contributed by atoms with E-state index in [1.165, 1.54) is 27.2 Å². The third-order valence-corrected chi connectivity index (χ3v) is 3.67. The minimum atomic E-state index is -0.297. The zero-order valence-electron chi connectivity index (χ0n) is 11.5. The Kier molecular flexibility index (Phi) is 2.93. The molecule has 4 rings (SSSR count). The number of thioether (sulfide) groups is 1. The first-order valence-corrected chi connectivity index (χ1v) is 7.83. The molecule has 0 fully saturated rings. The fraction of sp³-hybridized carbons (Fsp3) is 0.154. The zero-order chi connectivity index (χ0) is 15.1. The van der Waals surface area contributed by atoms with Gasteiger partial charge in [0.2, 0.25) is 5.89 Å². The first-order valence-electron chi connectivity index (χ1n) is 6.43. The van der Waals surface area contributed by atoms with E-state index in [0.717, 1.165) is 5.52 Å². The van der Waals surface area contributed by atoms with Crippen molar-refractivity contribution in [3.8, 4) is 11.6 Å². The van der Waals surface area contributed by atoms with Crippen molar-refractivity contribution < 1.29 is 4.42 Å². The van der Waals surface area contributed by atoms with Crippen LogP contribution in [0.4, 0.5) is 0 Å². The van der Waals surface area contributed by atoms with Gasteiger partial charge in [0.25, 0.3) is 0 Å². The molecule has 0 saturated carbocycles. The van der Waals surface area contributed by atoms with E-state index in [9.17, 15) is 4.79 Å². The molecule has 1 aromatic carbocycles. The number of rotatable bonds is 3. The van der Waals surface area contributed by atoms with Crippen LogP contribution >= 0.6 is 11.8 Å². The molecule has 8 nitrogen and oxygen atoms in total. The van der Waals surface area contributed by atoms with Crippen LogP contribution in [-0.4, -0.2) is 35.6 Å². The summed E-state index contributed by atoms with van der Waals surface area (Å²) >= 11 is 1.48. The van der Waals surface area contributed by atoms with E-state index >= 15 is 0 Å². The fourth-order valence-corrected chi connectivity index (χ4v) is 2.57. The van der Waals surface area contributed by atoms with Crippen molar-refractivity contribution in [3.05, 3.63) is 41.1 Å². The summed E-state index contributed by atoms with van der Waals surface area (Å²) in [5.74, 6) is 0.748. The van der Waals surface area contributed by atoms with Gasteiger partial charge in [-0.15, -0.1) is 16.9 Å². The smallest absolute Gasteiger partial charge is 0.353 e. The predicted octanol–water partition coefficient (Wildman–Crippen LogP) is 1.41. The number of hydrogen-bond donors (Lipinski definition) is 0. The number of fused-ring (bicyclic) bond motifs is 2. The Morgan fingerprint density at radius 2 is 2.18 bits per heavy atom. The molecule has 3 heterocycles. The van der Waals surface area contributed by atoms with E-state index in [1.54, 1.807) is 0 Å². The average molecular weight is 314 g/mol. The van der Waals surface area contributed by atoms with Crippen LogP contribution in [0.1, 0.15) is 0 Å². The Balaban J connectivity index is 1.92. The molecule has 22 heavy (non-hydrogen) atoms. The van der Waals surface area contributed by atoms with Gasteiger partial charge in [-0.1, -0.05) is 17.3 Å². The second-order valence-corrected chi connectivity index (χ2v) is 5.40. The number of imidazole rings is 1. The van der Waals surface area contributed by atoms with Crippen LogP contribution in [0.15, 0.2) is 39.8 Å². The van der Waals surface area contributed by atoms with E-state index in [2.05, 4.69) is 20.3 Å². The molecule has 0 N–H and O–H groups in total. The van der Waals surface area contributed by atoms with Crippen molar-refractivity contribution in [3.63, 3.8) is 0 Å². The Labute approximate surface area is 127 Å². The Morgan fingerprint density at radius 3 is 3.00 bits per heavy atom. The lowest BCUT2D eigenvalue weighted by atomic mass is 10.3. The first kappa shape index (κ1) is 13.0. The number of oxazole rings is 1. The van der Waals surface area contributed by atoms with Gasteiger partial charge in [-0.3, -0.25) is 0 Å². The Hall–Kier alpha value is -2.68. The highest BCUT2D eigenvalue weighted by atomic mass is 32.2. The second-order valence-electron chi connectivity index (χ2n) is 4.56. The largest absolute Gasteiger partial charge is 0.435 e. The van der Waals surface area contributed by atoms with Crippen LogP contribution in [0, 0.1) is 0 Å². The van der Waals surface area contributed by atoms with Gasteiger partial charge in [0.15, 0.2) is 16.9 Å². The van der Waals surface area contributed by atoms with Gasteiger partial charge in [-0.2, -0.15) is 4.68 Å². The van der Waals surface area contributed by atoms with Gasteiger partial charge in [-0.05, 0) is 18.4 Å². The second kappa shape index (κ2) is 4.95. The van der Waals surface area contributed by atoms with E-state index in [0.29, 0.717) is 28.7 Å². The van der Waals surface area contributed by atoms with Crippen LogP contribution in [0.2, 0.25) is 0 Å². The average Bonchev–Trinajstić information content (AvgIpc) is 3.13. The SMILES string of the molecule is CSCn1nnc2c(-c3nc4ccccc4o3)ncn2c1=O. The topological polar surface area (TPSA) is 91.1 Å². The number of aromatic nitrogens is 6. The highest BCUT2D eigenvalue weighted by Gasteiger charge is 2.17. The van der Waals surface area contributed by atoms with Crippen molar-refractivity contribution in [1.29, 1.82) is 0 Å². The first-order chi connectivity index (χ1) is 10.8. The van der Waals surface area contributed by atoms with Crippen molar-refractivity contribution >= 4 is 28.5 Å². The maximum Gasteiger partial charge on any atom is 0.353 e. The number of para-hydroxylation sites is 2. The molecule has 0 unspecified atom stereocenters. The maximum absolute atomic E-state index is 12.3. The molecule has 110 valence electrons. The summed E-state index contributed by atoms with van der Waals surface area (Å²) in [6, 6.07) is 7.41. The number of hydrogen-bond acceptors (Lipinski definition) is 7. The van der Waals surface area contributed by atoms with Gasteiger partial charge in [0.05, 0.1) is 5.88 Å². The molecule has 3 aromatic heterocycles. The van der Waals surface area contributed by atoms with Crippen molar-refractivity contribution in [2.24, 2.45) is 0 Å². The summed E-state index contributed by atoms with van der Waals surface area (Å²) in [5.41, 5.74) is 1.81. The Morgan fingerprint density at radius 1 is 1.32 bits per heavy atom. The molecule has 0 aliphatic carbocycles. The van der Waals surface area contributed by atoms with Crippen molar-refractivity contribution in [2.75, 3.05) is 6.26 Å². The summed E-state index contributed by atoms with van der Waals surface area (Å²) in [6.07, 6.45) is 3.29. The predicted molar refractivity (Wildman–Crippen MR) is 81.6 cm³/mol. The minimum Gasteiger partial charge on any atom is -0.435 e. The summed E-state index contributed by atoms with van der Waals surface area (Å²) in [6.45, 7) is 0. The lowest BCUT2D eigenvalue weighted by Crippen LogP contribution is -2.28. The summed E-state index contributed by atoms with van der Waals surface area (Å²) in [5, 5.41) is 7.98. The van der Waals surface area contributed by atoms with Gasteiger partial charge >= 0.3 is 5.69 Å².